The lowest BCUT2D eigenvalue weighted by molar-refractivity contribution is -0.134. The maximum atomic E-state index is 13.0. The van der Waals surface area contributed by atoms with Crippen LogP contribution in [0.5, 0.6) is 0 Å². The first kappa shape index (κ1) is 11.8. The van der Waals surface area contributed by atoms with Gasteiger partial charge in [0.1, 0.15) is 0 Å². The molecule has 1 amide bonds. The zero-order valence-electron chi connectivity index (χ0n) is 11.7. The minimum atomic E-state index is 0.390. The van der Waals surface area contributed by atoms with Gasteiger partial charge in [-0.3, -0.25) is 4.79 Å². The minimum Gasteiger partial charge on any atom is -0.335 e. The standard InChI is InChI=1S/C17H21NOS/c19-17(16-14-10-5-6-11(9-10)15(14)16)18-7-1-3-12(18)13-4-2-8-20-13/h2,4,8,10-12,14-16H,1,3,5-7,9H2/t10-,11-,12+,14+,15+/m0/s1. The monoisotopic (exact) mass is 287 g/mol. The van der Waals surface area contributed by atoms with Crippen LogP contribution in [0.25, 0.3) is 0 Å². The van der Waals surface area contributed by atoms with E-state index in [1.807, 2.05) is 11.3 Å². The number of nitrogens with zero attached hydrogens (tertiary/aromatic N) is 1. The second kappa shape index (κ2) is 4.09. The van der Waals surface area contributed by atoms with Gasteiger partial charge in [0.25, 0.3) is 0 Å². The van der Waals surface area contributed by atoms with Gasteiger partial charge in [0.05, 0.1) is 6.04 Å². The van der Waals surface area contributed by atoms with Crippen LogP contribution in [0.2, 0.25) is 0 Å². The molecule has 3 heteroatoms. The summed E-state index contributed by atoms with van der Waals surface area (Å²) in [5.41, 5.74) is 0. The molecule has 0 aromatic carbocycles. The number of likely N-dealkylation sites (tertiary alicyclic amines) is 1. The van der Waals surface area contributed by atoms with Crippen molar-refractivity contribution in [1.82, 2.24) is 4.90 Å². The smallest absolute Gasteiger partial charge is 0.226 e. The molecule has 2 bridgehead atoms. The highest BCUT2D eigenvalue weighted by atomic mass is 32.1. The molecule has 2 nitrogen and oxygen atoms in total. The van der Waals surface area contributed by atoms with Crippen molar-refractivity contribution in [2.24, 2.45) is 29.6 Å². The first-order chi connectivity index (χ1) is 9.84. The molecule has 1 aromatic heterocycles. The van der Waals surface area contributed by atoms with Gasteiger partial charge in [-0.25, -0.2) is 0 Å². The summed E-state index contributed by atoms with van der Waals surface area (Å²) in [6, 6.07) is 4.72. The van der Waals surface area contributed by atoms with Crippen LogP contribution < -0.4 is 0 Å². The maximum absolute atomic E-state index is 13.0. The Labute approximate surface area is 124 Å². The molecule has 4 fully saturated rings. The molecule has 0 unspecified atom stereocenters. The Kier molecular flexibility index (Phi) is 2.41. The summed E-state index contributed by atoms with van der Waals surface area (Å²) in [5, 5.41) is 2.14. The third-order valence-electron chi connectivity index (χ3n) is 6.43. The summed E-state index contributed by atoms with van der Waals surface area (Å²) in [6.07, 6.45) is 6.60. The van der Waals surface area contributed by atoms with Gasteiger partial charge in [-0.15, -0.1) is 11.3 Å². The zero-order valence-corrected chi connectivity index (χ0v) is 12.5. The van der Waals surface area contributed by atoms with Gasteiger partial charge in [0.15, 0.2) is 0 Å². The van der Waals surface area contributed by atoms with E-state index in [9.17, 15) is 4.79 Å². The quantitative estimate of drug-likeness (QED) is 0.812. The molecule has 0 spiro atoms. The molecule has 1 saturated heterocycles. The first-order valence-electron chi connectivity index (χ1n) is 8.18. The topological polar surface area (TPSA) is 20.3 Å². The van der Waals surface area contributed by atoms with Crippen molar-refractivity contribution in [1.29, 1.82) is 0 Å². The van der Waals surface area contributed by atoms with Gasteiger partial charge in [0.2, 0.25) is 5.91 Å². The molecular formula is C17H21NOS. The molecule has 2 heterocycles. The van der Waals surface area contributed by atoms with Crippen molar-refractivity contribution in [3.05, 3.63) is 22.4 Å². The molecule has 5 atom stereocenters. The van der Waals surface area contributed by atoms with Crippen LogP contribution in [-0.4, -0.2) is 17.4 Å². The van der Waals surface area contributed by atoms with E-state index in [4.69, 9.17) is 0 Å². The molecule has 5 rings (SSSR count). The molecule has 4 aliphatic rings. The number of hydrogen-bond acceptors (Lipinski definition) is 2. The van der Waals surface area contributed by atoms with Crippen LogP contribution in [0.3, 0.4) is 0 Å². The average Bonchev–Trinajstić information content (AvgIpc) is 3.04. The SMILES string of the molecule is O=C(C1[C@@H]2[C@H]3CC[C@@H](C3)[C@@H]12)N1CCC[C@@H]1c1cccs1. The van der Waals surface area contributed by atoms with Crippen molar-refractivity contribution in [2.45, 2.75) is 38.1 Å². The molecule has 3 aliphatic carbocycles. The summed E-state index contributed by atoms with van der Waals surface area (Å²) < 4.78 is 0. The Morgan fingerprint density at radius 1 is 1.20 bits per heavy atom. The van der Waals surface area contributed by atoms with E-state index in [1.165, 1.54) is 37.0 Å². The van der Waals surface area contributed by atoms with E-state index in [2.05, 4.69) is 22.4 Å². The number of rotatable bonds is 2. The van der Waals surface area contributed by atoms with Gasteiger partial charge in [-0.2, -0.15) is 0 Å². The molecule has 3 saturated carbocycles. The predicted octanol–water partition coefficient (Wildman–Crippen LogP) is 3.70. The Morgan fingerprint density at radius 3 is 2.70 bits per heavy atom. The van der Waals surface area contributed by atoms with Crippen LogP contribution in [0.15, 0.2) is 17.5 Å². The van der Waals surface area contributed by atoms with Crippen LogP contribution in [-0.2, 0) is 4.79 Å². The predicted molar refractivity (Wildman–Crippen MR) is 79.3 cm³/mol. The molecule has 1 aliphatic heterocycles. The highest BCUT2D eigenvalue weighted by molar-refractivity contribution is 7.10. The van der Waals surface area contributed by atoms with E-state index < -0.39 is 0 Å². The van der Waals surface area contributed by atoms with Gasteiger partial charge < -0.3 is 4.90 Å². The second-order valence-corrected chi connectivity index (χ2v) is 8.20. The van der Waals surface area contributed by atoms with Crippen molar-refractivity contribution in [3.8, 4) is 0 Å². The lowest BCUT2D eigenvalue weighted by Crippen LogP contribution is -2.33. The summed E-state index contributed by atoms with van der Waals surface area (Å²) in [6.45, 7) is 0.993. The summed E-state index contributed by atoms with van der Waals surface area (Å²) in [4.78, 5) is 16.6. The van der Waals surface area contributed by atoms with E-state index in [-0.39, 0.29) is 0 Å². The first-order valence-corrected chi connectivity index (χ1v) is 9.06. The fraction of sp³-hybridized carbons (Fsp3) is 0.706. The highest BCUT2D eigenvalue weighted by Crippen LogP contribution is 2.70. The van der Waals surface area contributed by atoms with Gasteiger partial charge in [0, 0.05) is 17.3 Å². The van der Waals surface area contributed by atoms with Crippen molar-refractivity contribution < 1.29 is 4.79 Å². The van der Waals surface area contributed by atoms with E-state index in [1.54, 1.807) is 0 Å². The van der Waals surface area contributed by atoms with Crippen LogP contribution >= 0.6 is 11.3 Å². The third kappa shape index (κ3) is 1.47. The lowest BCUT2D eigenvalue weighted by atomic mass is 10.0. The summed E-state index contributed by atoms with van der Waals surface area (Å²) in [7, 11) is 0. The molecule has 1 aromatic rings. The number of carbonyl (C=O) groups excluding carboxylic acids is 1. The summed E-state index contributed by atoms with van der Waals surface area (Å²) >= 11 is 1.81. The Bertz CT molecular complexity index is 523. The zero-order chi connectivity index (χ0) is 13.3. The summed E-state index contributed by atoms with van der Waals surface area (Å²) in [5.74, 6) is 4.30. The normalized spacial score (nSPS) is 44.9. The largest absolute Gasteiger partial charge is 0.335 e. The van der Waals surface area contributed by atoms with Gasteiger partial charge in [-0.05, 0) is 67.2 Å². The van der Waals surface area contributed by atoms with E-state index in [0.29, 0.717) is 17.9 Å². The maximum Gasteiger partial charge on any atom is 0.226 e. The number of thiophene rings is 1. The van der Waals surface area contributed by atoms with Crippen LogP contribution in [0.4, 0.5) is 0 Å². The third-order valence-corrected chi connectivity index (χ3v) is 7.40. The molecule has 106 valence electrons. The highest BCUT2D eigenvalue weighted by Gasteiger charge is 2.68. The van der Waals surface area contributed by atoms with Gasteiger partial charge in [-0.1, -0.05) is 6.07 Å². The van der Waals surface area contributed by atoms with Crippen molar-refractivity contribution in [3.63, 3.8) is 0 Å². The molecular weight excluding hydrogens is 266 g/mol. The van der Waals surface area contributed by atoms with Crippen LogP contribution in [0, 0.1) is 29.6 Å². The number of fused-ring (bicyclic) bond motifs is 5. The second-order valence-electron chi connectivity index (χ2n) is 7.22. The van der Waals surface area contributed by atoms with Gasteiger partial charge >= 0.3 is 0 Å². The van der Waals surface area contributed by atoms with E-state index >= 15 is 0 Å². The Balaban J connectivity index is 1.37. The Hall–Kier alpha value is -0.830. The van der Waals surface area contributed by atoms with E-state index in [0.717, 1.165) is 30.2 Å². The number of amides is 1. The number of carbonyl (C=O) groups is 1. The Morgan fingerprint density at radius 2 is 2.00 bits per heavy atom. The van der Waals surface area contributed by atoms with Crippen molar-refractivity contribution in [2.75, 3.05) is 6.54 Å². The number of hydrogen-bond donors (Lipinski definition) is 0. The molecule has 0 N–H and O–H groups in total. The fourth-order valence-corrected chi connectivity index (χ4v) is 6.53. The molecule has 0 radical (unpaired) electrons. The molecule has 20 heavy (non-hydrogen) atoms. The average molecular weight is 287 g/mol. The fourth-order valence-electron chi connectivity index (χ4n) is 5.65. The van der Waals surface area contributed by atoms with Crippen molar-refractivity contribution >= 4 is 17.2 Å². The van der Waals surface area contributed by atoms with Crippen LogP contribution in [0.1, 0.15) is 43.0 Å². The lowest BCUT2D eigenvalue weighted by Gasteiger charge is -2.25. The minimum absolute atomic E-state index is 0.390.